The molecule has 0 aromatic carbocycles. The summed E-state index contributed by atoms with van der Waals surface area (Å²) in [6.45, 7) is 5.67. The van der Waals surface area contributed by atoms with E-state index < -0.39 is 0 Å². The van der Waals surface area contributed by atoms with Crippen LogP contribution in [0.3, 0.4) is 0 Å². The Bertz CT molecular complexity index is 238. The summed E-state index contributed by atoms with van der Waals surface area (Å²) in [5.74, 6) is 1.07. The Morgan fingerprint density at radius 2 is 2.13 bits per heavy atom. The van der Waals surface area contributed by atoms with Crippen molar-refractivity contribution in [2.24, 2.45) is 5.92 Å². The van der Waals surface area contributed by atoms with Crippen molar-refractivity contribution in [3.05, 3.63) is 12.5 Å². The topological polar surface area (TPSA) is 38.3 Å². The maximum Gasteiger partial charge on any atom is 0.179 e. The van der Waals surface area contributed by atoms with Gasteiger partial charge in [0.2, 0.25) is 0 Å². The van der Waals surface area contributed by atoms with E-state index in [-0.39, 0.29) is 12.0 Å². The van der Waals surface area contributed by atoms with Crippen molar-refractivity contribution in [3.63, 3.8) is 0 Å². The number of nitrogens with one attached hydrogen (secondary N) is 1. The van der Waals surface area contributed by atoms with Crippen LogP contribution in [0, 0.1) is 5.92 Å². The molecule has 0 amide bonds. The molecule has 0 aromatic heterocycles. The molecule has 0 saturated heterocycles. The third-order valence-electron chi connectivity index (χ3n) is 3.12. The van der Waals surface area contributed by atoms with Crippen LogP contribution in [0.5, 0.6) is 0 Å². The molecule has 1 fully saturated rings. The molecule has 0 unspecified atom stereocenters. The Hall–Kier alpha value is -0.990. The first-order valence-electron chi connectivity index (χ1n) is 5.71. The van der Waals surface area contributed by atoms with Gasteiger partial charge in [-0.25, -0.2) is 0 Å². The van der Waals surface area contributed by atoms with Crippen molar-refractivity contribution < 1.29 is 9.53 Å². The molecule has 1 aliphatic rings. The van der Waals surface area contributed by atoms with Crippen molar-refractivity contribution in [3.8, 4) is 0 Å². The minimum absolute atomic E-state index is 0.149. The number of ketones is 1. The van der Waals surface area contributed by atoms with Crippen LogP contribution in [-0.4, -0.2) is 18.9 Å². The second kappa shape index (κ2) is 5.79. The highest BCUT2D eigenvalue weighted by Gasteiger charge is 2.29. The molecule has 0 aliphatic heterocycles. The molecule has 0 heterocycles. The third kappa shape index (κ3) is 3.26. The van der Waals surface area contributed by atoms with Gasteiger partial charge in [0, 0.05) is 18.4 Å². The van der Waals surface area contributed by atoms with E-state index in [1.165, 1.54) is 6.42 Å². The molecule has 2 atom stereocenters. The second-order valence-corrected chi connectivity index (χ2v) is 4.09. The number of hydrogen-bond donors (Lipinski definition) is 1. The van der Waals surface area contributed by atoms with Crippen LogP contribution in [0.4, 0.5) is 0 Å². The van der Waals surface area contributed by atoms with Crippen molar-refractivity contribution in [1.82, 2.24) is 5.32 Å². The molecule has 0 spiro atoms. The lowest BCUT2D eigenvalue weighted by Gasteiger charge is -2.31. The largest absolute Gasteiger partial charge is 0.483 e. The molecule has 3 nitrogen and oxygen atoms in total. The molecule has 86 valence electrons. The molecule has 1 rings (SSSR count). The van der Waals surface area contributed by atoms with Crippen molar-refractivity contribution in [1.29, 1.82) is 0 Å². The zero-order valence-corrected chi connectivity index (χ0v) is 9.71. The van der Waals surface area contributed by atoms with Crippen LogP contribution in [0.25, 0.3) is 0 Å². The number of Topliss-reactive ketones (excluding diaryl/α,β-unsaturated/α-hetero) is 1. The van der Waals surface area contributed by atoms with Gasteiger partial charge in [-0.05, 0) is 19.4 Å². The lowest BCUT2D eigenvalue weighted by Crippen LogP contribution is -2.41. The van der Waals surface area contributed by atoms with Gasteiger partial charge in [0.05, 0.1) is 7.11 Å². The summed E-state index contributed by atoms with van der Waals surface area (Å²) in [5, 5.41) is 3.20. The highest BCUT2D eigenvalue weighted by molar-refractivity contribution is 5.81. The van der Waals surface area contributed by atoms with Crippen molar-refractivity contribution in [2.75, 3.05) is 7.11 Å². The first kappa shape index (κ1) is 12.1. The molecule has 1 saturated carbocycles. The monoisotopic (exact) mass is 211 g/mol. The maximum atomic E-state index is 11.7. The Kier molecular flexibility index (Phi) is 4.66. The van der Waals surface area contributed by atoms with Gasteiger partial charge in [-0.2, -0.15) is 0 Å². The quantitative estimate of drug-likeness (QED) is 0.709. The molecular formula is C12H21NO2. The minimum atomic E-state index is 0.149. The third-order valence-corrected chi connectivity index (χ3v) is 3.12. The summed E-state index contributed by atoms with van der Waals surface area (Å²) in [6, 6.07) is 0.221. The first-order chi connectivity index (χ1) is 7.19. The fourth-order valence-corrected chi connectivity index (χ4v) is 2.22. The lowest BCUT2D eigenvalue weighted by atomic mass is 9.81. The maximum absolute atomic E-state index is 11.7. The average molecular weight is 211 g/mol. The van der Waals surface area contributed by atoms with E-state index in [1.807, 2.05) is 6.92 Å². The predicted molar refractivity (Wildman–Crippen MR) is 60.3 cm³/mol. The van der Waals surface area contributed by atoms with Crippen molar-refractivity contribution >= 4 is 5.78 Å². The first-order valence-corrected chi connectivity index (χ1v) is 5.71. The Labute approximate surface area is 91.9 Å². The van der Waals surface area contributed by atoms with Crippen LogP contribution in [0.2, 0.25) is 0 Å². The Balaban J connectivity index is 2.57. The van der Waals surface area contributed by atoms with E-state index in [2.05, 4.69) is 11.9 Å². The van der Waals surface area contributed by atoms with Crippen LogP contribution in [-0.2, 0) is 9.53 Å². The molecule has 0 bridgehead atoms. The molecule has 15 heavy (non-hydrogen) atoms. The van der Waals surface area contributed by atoms with Crippen LogP contribution >= 0.6 is 0 Å². The summed E-state index contributed by atoms with van der Waals surface area (Å²) in [4.78, 5) is 11.7. The molecule has 0 radical (unpaired) electrons. The number of carbonyl (C=O) groups is 1. The zero-order chi connectivity index (χ0) is 11.3. The van der Waals surface area contributed by atoms with E-state index >= 15 is 0 Å². The van der Waals surface area contributed by atoms with E-state index in [9.17, 15) is 4.79 Å². The summed E-state index contributed by atoms with van der Waals surface area (Å²) in [7, 11) is 1.59. The molecular weight excluding hydrogens is 190 g/mol. The fraction of sp³-hybridized carbons (Fsp3) is 0.750. The number of methoxy groups -OCH3 is 1. The fourth-order valence-electron chi connectivity index (χ4n) is 2.22. The van der Waals surface area contributed by atoms with Gasteiger partial charge in [-0.3, -0.25) is 4.79 Å². The van der Waals surface area contributed by atoms with Crippen molar-refractivity contribution in [2.45, 2.75) is 45.1 Å². The van der Waals surface area contributed by atoms with Gasteiger partial charge in [-0.1, -0.05) is 19.8 Å². The standard InChI is InChI=1S/C12H21NO2/c1-4-12(14)10-7-5-6-8-11(10)13-9(2)15-3/h10-11,13H,2,4-8H2,1,3H3/t10-,11-/m1/s1. The Morgan fingerprint density at radius 1 is 1.47 bits per heavy atom. The van der Waals surface area contributed by atoms with Gasteiger partial charge >= 0.3 is 0 Å². The highest BCUT2D eigenvalue weighted by Crippen LogP contribution is 2.26. The van der Waals surface area contributed by atoms with Gasteiger partial charge in [0.25, 0.3) is 0 Å². The van der Waals surface area contributed by atoms with Crippen LogP contribution in [0.1, 0.15) is 39.0 Å². The summed E-state index contributed by atoms with van der Waals surface area (Å²) in [6.07, 6.45) is 5.01. The minimum Gasteiger partial charge on any atom is -0.483 e. The summed E-state index contributed by atoms with van der Waals surface area (Å²) in [5.41, 5.74) is 0. The predicted octanol–water partition coefficient (Wildman–Crippen LogP) is 2.23. The van der Waals surface area contributed by atoms with E-state index in [0.29, 0.717) is 18.1 Å². The van der Waals surface area contributed by atoms with Gasteiger partial charge in [0.15, 0.2) is 5.88 Å². The summed E-state index contributed by atoms with van der Waals surface area (Å²) < 4.78 is 5.00. The highest BCUT2D eigenvalue weighted by atomic mass is 16.5. The van der Waals surface area contributed by atoms with E-state index in [4.69, 9.17) is 4.74 Å². The number of ether oxygens (including phenoxy) is 1. The molecule has 1 aliphatic carbocycles. The van der Waals surface area contributed by atoms with Gasteiger partial charge in [-0.15, -0.1) is 0 Å². The van der Waals surface area contributed by atoms with Crippen LogP contribution in [0.15, 0.2) is 12.5 Å². The number of carbonyl (C=O) groups excluding carboxylic acids is 1. The number of rotatable bonds is 5. The molecule has 3 heteroatoms. The number of hydrogen-bond acceptors (Lipinski definition) is 3. The average Bonchev–Trinajstić information content (AvgIpc) is 2.28. The van der Waals surface area contributed by atoms with Gasteiger partial charge < -0.3 is 10.1 Å². The second-order valence-electron chi connectivity index (χ2n) is 4.09. The molecule has 1 N–H and O–H groups in total. The smallest absolute Gasteiger partial charge is 0.179 e. The van der Waals surface area contributed by atoms with E-state index in [0.717, 1.165) is 19.3 Å². The lowest BCUT2D eigenvalue weighted by molar-refractivity contribution is -0.124. The van der Waals surface area contributed by atoms with Crippen LogP contribution < -0.4 is 5.32 Å². The van der Waals surface area contributed by atoms with Gasteiger partial charge in [0.1, 0.15) is 5.78 Å². The SMILES string of the molecule is C=C(N[C@@H]1CCCC[C@H]1C(=O)CC)OC. The summed E-state index contributed by atoms with van der Waals surface area (Å²) >= 11 is 0. The normalized spacial score (nSPS) is 25.7. The molecule has 0 aromatic rings. The van der Waals surface area contributed by atoms with E-state index in [1.54, 1.807) is 7.11 Å². The Morgan fingerprint density at radius 3 is 2.73 bits per heavy atom. The zero-order valence-electron chi connectivity index (χ0n) is 9.71.